The molecule has 0 aliphatic rings. The molecule has 0 atom stereocenters. The average molecular weight is 360 g/mol. The van der Waals surface area contributed by atoms with Crippen molar-refractivity contribution in [2.45, 2.75) is 6.42 Å². The molecule has 1 amide bonds. The van der Waals surface area contributed by atoms with Gasteiger partial charge >= 0.3 is 11.9 Å². The number of ether oxygens (including phenoxy) is 1. The van der Waals surface area contributed by atoms with Crippen molar-refractivity contribution in [3.63, 3.8) is 0 Å². The highest BCUT2D eigenvalue weighted by atomic mass is 16.5. The van der Waals surface area contributed by atoms with Gasteiger partial charge in [0, 0.05) is 37.5 Å². The Balaban J connectivity index is 0.000000487. The second kappa shape index (κ2) is 10.4. The molecule has 0 radical (unpaired) electrons. The molecule has 0 unspecified atom stereocenters. The van der Waals surface area contributed by atoms with E-state index < -0.39 is 11.9 Å². The Morgan fingerprint density at radius 1 is 1.08 bits per heavy atom. The lowest BCUT2D eigenvalue weighted by atomic mass is 10.2. The van der Waals surface area contributed by atoms with Crippen LogP contribution in [0.5, 0.6) is 5.75 Å². The van der Waals surface area contributed by atoms with E-state index in [4.69, 9.17) is 24.5 Å². The lowest BCUT2D eigenvalue weighted by Crippen LogP contribution is -2.29. The fraction of sp³-hybridized carbons (Fsp3) is 0.222. The third-order valence-electron chi connectivity index (χ3n) is 3.28. The van der Waals surface area contributed by atoms with Gasteiger partial charge in [-0.05, 0) is 30.3 Å². The van der Waals surface area contributed by atoms with Gasteiger partial charge in [-0.1, -0.05) is 12.1 Å². The number of hydrogen-bond donors (Lipinski definition) is 2. The first-order valence-electron chi connectivity index (χ1n) is 7.60. The molecule has 0 fully saturated rings. The SMILES string of the molecule is COc1cccc(C(=O)N(C)CCc2ccccn2)c1.O=C(O)C(=O)O. The van der Waals surface area contributed by atoms with E-state index >= 15 is 0 Å². The zero-order chi connectivity index (χ0) is 19.5. The largest absolute Gasteiger partial charge is 0.497 e. The van der Waals surface area contributed by atoms with Crippen molar-refractivity contribution in [1.82, 2.24) is 9.88 Å². The van der Waals surface area contributed by atoms with E-state index in [9.17, 15) is 4.79 Å². The first-order chi connectivity index (χ1) is 12.3. The van der Waals surface area contributed by atoms with E-state index in [0.717, 1.165) is 12.1 Å². The number of aliphatic carboxylic acids is 2. The van der Waals surface area contributed by atoms with Gasteiger partial charge in [-0.25, -0.2) is 9.59 Å². The quantitative estimate of drug-likeness (QED) is 0.777. The van der Waals surface area contributed by atoms with Crippen LogP contribution in [0.4, 0.5) is 0 Å². The van der Waals surface area contributed by atoms with E-state index in [1.54, 1.807) is 37.4 Å². The number of methoxy groups -OCH3 is 1. The molecule has 0 spiro atoms. The number of aromatic nitrogens is 1. The predicted octanol–water partition coefficient (Wildman–Crippen LogP) is 1.56. The normalized spacial score (nSPS) is 9.46. The molecular weight excluding hydrogens is 340 g/mol. The molecule has 1 aromatic heterocycles. The summed E-state index contributed by atoms with van der Waals surface area (Å²) in [5.41, 5.74) is 1.62. The van der Waals surface area contributed by atoms with Crippen LogP contribution in [0.3, 0.4) is 0 Å². The maximum absolute atomic E-state index is 12.3. The van der Waals surface area contributed by atoms with Crippen LogP contribution in [-0.4, -0.2) is 58.6 Å². The number of amides is 1. The molecule has 0 aliphatic heterocycles. The number of likely N-dealkylation sites (N-methyl/N-ethyl adjacent to an activating group) is 1. The maximum atomic E-state index is 12.3. The van der Waals surface area contributed by atoms with E-state index in [0.29, 0.717) is 17.9 Å². The summed E-state index contributed by atoms with van der Waals surface area (Å²) in [6.07, 6.45) is 2.51. The van der Waals surface area contributed by atoms with Crippen LogP contribution >= 0.6 is 0 Å². The molecule has 2 rings (SSSR count). The summed E-state index contributed by atoms with van der Waals surface area (Å²) in [7, 11) is 3.39. The highest BCUT2D eigenvalue weighted by Crippen LogP contribution is 2.14. The van der Waals surface area contributed by atoms with Gasteiger partial charge in [-0.3, -0.25) is 9.78 Å². The zero-order valence-electron chi connectivity index (χ0n) is 14.5. The molecule has 1 heterocycles. The molecule has 8 heteroatoms. The first kappa shape index (κ1) is 20.6. The lowest BCUT2D eigenvalue weighted by Gasteiger charge is -2.17. The van der Waals surface area contributed by atoms with Crippen LogP contribution in [0.2, 0.25) is 0 Å². The van der Waals surface area contributed by atoms with Gasteiger partial charge in [0.15, 0.2) is 0 Å². The topological polar surface area (TPSA) is 117 Å². The van der Waals surface area contributed by atoms with Gasteiger partial charge in [-0.2, -0.15) is 0 Å². The Bertz CT molecular complexity index is 736. The molecule has 1 aromatic carbocycles. The highest BCUT2D eigenvalue weighted by Gasteiger charge is 2.12. The number of hydrogen-bond acceptors (Lipinski definition) is 5. The lowest BCUT2D eigenvalue weighted by molar-refractivity contribution is -0.159. The van der Waals surface area contributed by atoms with Crippen LogP contribution in [0.1, 0.15) is 16.1 Å². The van der Waals surface area contributed by atoms with Gasteiger partial charge < -0.3 is 19.8 Å². The number of rotatable bonds is 5. The van der Waals surface area contributed by atoms with Gasteiger partial charge in [0.05, 0.1) is 7.11 Å². The van der Waals surface area contributed by atoms with Crippen molar-refractivity contribution < 1.29 is 29.3 Å². The average Bonchev–Trinajstić information content (AvgIpc) is 2.66. The number of pyridine rings is 1. The van der Waals surface area contributed by atoms with Gasteiger partial charge in [0.2, 0.25) is 0 Å². The monoisotopic (exact) mass is 360 g/mol. The second-order valence-electron chi connectivity index (χ2n) is 5.14. The summed E-state index contributed by atoms with van der Waals surface area (Å²) in [5.74, 6) is -2.97. The van der Waals surface area contributed by atoms with Crippen molar-refractivity contribution in [3.05, 3.63) is 59.9 Å². The summed E-state index contributed by atoms with van der Waals surface area (Å²) in [6.45, 7) is 0.632. The number of benzene rings is 1. The van der Waals surface area contributed by atoms with Crippen LogP contribution in [0, 0.1) is 0 Å². The van der Waals surface area contributed by atoms with Crippen LogP contribution in [0.25, 0.3) is 0 Å². The summed E-state index contributed by atoms with van der Waals surface area (Å²) in [5, 5.41) is 14.8. The summed E-state index contributed by atoms with van der Waals surface area (Å²) >= 11 is 0. The highest BCUT2D eigenvalue weighted by molar-refractivity contribution is 6.27. The predicted molar refractivity (Wildman–Crippen MR) is 93.2 cm³/mol. The molecule has 2 aromatic rings. The first-order valence-corrected chi connectivity index (χ1v) is 7.60. The minimum absolute atomic E-state index is 0.0140. The number of carbonyl (C=O) groups is 3. The molecule has 0 bridgehead atoms. The Hall–Kier alpha value is -3.42. The Morgan fingerprint density at radius 2 is 1.77 bits per heavy atom. The molecule has 0 aliphatic carbocycles. The molecular formula is C18H20N2O6. The third kappa shape index (κ3) is 7.00. The Kier molecular flexibility index (Phi) is 8.29. The van der Waals surface area contributed by atoms with E-state index in [1.807, 2.05) is 30.3 Å². The molecule has 26 heavy (non-hydrogen) atoms. The summed E-state index contributed by atoms with van der Waals surface area (Å²) in [6, 6.07) is 13.0. The second-order valence-corrected chi connectivity index (χ2v) is 5.14. The van der Waals surface area contributed by atoms with Gasteiger partial charge in [0.25, 0.3) is 5.91 Å². The summed E-state index contributed by atoms with van der Waals surface area (Å²) < 4.78 is 5.13. The smallest absolute Gasteiger partial charge is 0.414 e. The number of carboxylic acids is 2. The Labute approximate surface area is 150 Å². The Morgan fingerprint density at radius 3 is 2.31 bits per heavy atom. The van der Waals surface area contributed by atoms with E-state index in [-0.39, 0.29) is 5.91 Å². The van der Waals surface area contributed by atoms with Crippen molar-refractivity contribution in [3.8, 4) is 5.75 Å². The fourth-order valence-corrected chi connectivity index (χ4v) is 1.91. The van der Waals surface area contributed by atoms with Crippen molar-refractivity contribution >= 4 is 17.8 Å². The van der Waals surface area contributed by atoms with E-state index in [1.165, 1.54) is 0 Å². The molecule has 8 nitrogen and oxygen atoms in total. The van der Waals surface area contributed by atoms with Gasteiger partial charge in [0.1, 0.15) is 5.75 Å². The zero-order valence-corrected chi connectivity index (χ0v) is 14.5. The minimum Gasteiger partial charge on any atom is -0.497 e. The molecule has 138 valence electrons. The van der Waals surface area contributed by atoms with Crippen LogP contribution in [-0.2, 0) is 16.0 Å². The number of nitrogens with zero attached hydrogens (tertiary/aromatic N) is 2. The third-order valence-corrected chi connectivity index (χ3v) is 3.28. The standard InChI is InChI=1S/C16H18N2O2.C2H2O4/c1-18(11-9-14-7-3-4-10-17-14)16(19)13-6-5-8-15(12-13)20-2;3-1(4)2(5)6/h3-8,10,12H,9,11H2,1-2H3;(H,3,4)(H,5,6). The molecule has 0 saturated carbocycles. The fourth-order valence-electron chi connectivity index (χ4n) is 1.91. The molecule has 2 N–H and O–H groups in total. The van der Waals surface area contributed by atoms with Gasteiger partial charge in [-0.15, -0.1) is 0 Å². The number of carboxylic acid groups (broad SMARTS) is 2. The summed E-state index contributed by atoms with van der Waals surface area (Å²) in [4.78, 5) is 36.4. The van der Waals surface area contributed by atoms with Crippen molar-refractivity contribution in [2.75, 3.05) is 20.7 Å². The minimum atomic E-state index is -1.82. The van der Waals surface area contributed by atoms with Crippen LogP contribution < -0.4 is 4.74 Å². The molecule has 0 saturated heterocycles. The van der Waals surface area contributed by atoms with Crippen molar-refractivity contribution in [1.29, 1.82) is 0 Å². The van der Waals surface area contributed by atoms with Crippen LogP contribution in [0.15, 0.2) is 48.7 Å². The number of carbonyl (C=O) groups excluding carboxylic acids is 1. The van der Waals surface area contributed by atoms with Crippen molar-refractivity contribution in [2.24, 2.45) is 0 Å². The van der Waals surface area contributed by atoms with E-state index in [2.05, 4.69) is 4.98 Å². The maximum Gasteiger partial charge on any atom is 0.414 e.